The van der Waals surface area contributed by atoms with E-state index in [2.05, 4.69) is 6.92 Å². The van der Waals surface area contributed by atoms with Gasteiger partial charge in [-0.15, -0.1) is 12.4 Å². The summed E-state index contributed by atoms with van der Waals surface area (Å²) in [7, 11) is 1.73. The molecule has 1 aromatic rings. The number of rotatable bonds is 9. The van der Waals surface area contributed by atoms with Crippen LogP contribution >= 0.6 is 12.4 Å². The molecule has 0 aromatic heterocycles. The molecule has 4 nitrogen and oxygen atoms in total. The van der Waals surface area contributed by atoms with E-state index in [1.54, 1.807) is 11.9 Å². The number of carbonyl (C=O) groups excluding carboxylic acids is 2. The van der Waals surface area contributed by atoms with Crippen LogP contribution in [0.3, 0.4) is 0 Å². The Kier molecular flexibility index (Phi) is 10.5. The first-order valence-electron chi connectivity index (χ1n) is 8.07. The molecule has 23 heavy (non-hydrogen) atoms. The van der Waals surface area contributed by atoms with Crippen molar-refractivity contribution in [2.75, 3.05) is 13.6 Å². The van der Waals surface area contributed by atoms with Crippen molar-refractivity contribution < 1.29 is 9.59 Å². The molecule has 0 heterocycles. The van der Waals surface area contributed by atoms with Gasteiger partial charge in [0.2, 0.25) is 5.91 Å². The number of amides is 1. The standard InChI is InChI=1S/C18H28N2O2.ClH/c1-4-5-6-15-7-9-16(10-8-15)17(21)11-12-18(22)20(3)14(2)13-19;/h7-10,14H,4-6,11-13,19H2,1-3H3;1H. The highest BCUT2D eigenvalue weighted by Gasteiger charge is 2.16. The summed E-state index contributed by atoms with van der Waals surface area (Å²) >= 11 is 0. The lowest BCUT2D eigenvalue weighted by atomic mass is 10.0. The third-order valence-corrected chi connectivity index (χ3v) is 4.06. The van der Waals surface area contributed by atoms with Crippen LogP contribution in [-0.2, 0) is 11.2 Å². The van der Waals surface area contributed by atoms with Gasteiger partial charge in [-0.1, -0.05) is 37.6 Å². The summed E-state index contributed by atoms with van der Waals surface area (Å²) in [5.41, 5.74) is 7.48. The molecule has 0 fully saturated rings. The molecule has 0 aliphatic rings. The van der Waals surface area contributed by atoms with E-state index < -0.39 is 0 Å². The molecule has 5 heteroatoms. The van der Waals surface area contributed by atoms with Gasteiger partial charge in [-0.05, 0) is 25.3 Å². The summed E-state index contributed by atoms with van der Waals surface area (Å²) in [6.07, 6.45) is 3.85. The highest BCUT2D eigenvalue weighted by atomic mass is 35.5. The number of hydrogen-bond donors (Lipinski definition) is 1. The van der Waals surface area contributed by atoms with Gasteiger partial charge in [-0.2, -0.15) is 0 Å². The summed E-state index contributed by atoms with van der Waals surface area (Å²) in [4.78, 5) is 25.7. The van der Waals surface area contributed by atoms with E-state index in [1.807, 2.05) is 31.2 Å². The highest BCUT2D eigenvalue weighted by molar-refractivity contribution is 5.97. The number of carbonyl (C=O) groups is 2. The van der Waals surface area contributed by atoms with Crippen molar-refractivity contribution in [3.8, 4) is 0 Å². The lowest BCUT2D eigenvalue weighted by molar-refractivity contribution is -0.131. The fourth-order valence-electron chi connectivity index (χ4n) is 2.18. The van der Waals surface area contributed by atoms with Crippen molar-refractivity contribution in [2.24, 2.45) is 5.73 Å². The monoisotopic (exact) mass is 340 g/mol. The molecule has 0 spiro atoms. The van der Waals surface area contributed by atoms with E-state index in [0.717, 1.165) is 19.3 Å². The normalized spacial score (nSPS) is 11.5. The average molecular weight is 341 g/mol. The van der Waals surface area contributed by atoms with E-state index in [9.17, 15) is 9.59 Å². The number of nitrogens with two attached hydrogens (primary N) is 1. The molecule has 2 N–H and O–H groups in total. The van der Waals surface area contributed by atoms with Crippen LogP contribution in [0.4, 0.5) is 0 Å². The van der Waals surface area contributed by atoms with Crippen LogP contribution < -0.4 is 5.73 Å². The zero-order chi connectivity index (χ0) is 16.5. The summed E-state index contributed by atoms with van der Waals surface area (Å²) in [5, 5.41) is 0. The first-order valence-corrected chi connectivity index (χ1v) is 8.07. The van der Waals surface area contributed by atoms with Crippen molar-refractivity contribution >= 4 is 24.1 Å². The van der Waals surface area contributed by atoms with E-state index in [-0.39, 0.29) is 43.0 Å². The van der Waals surface area contributed by atoms with Crippen molar-refractivity contribution in [3.63, 3.8) is 0 Å². The minimum atomic E-state index is -0.0362. The highest BCUT2D eigenvalue weighted by Crippen LogP contribution is 2.11. The number of Topliss-reactive ketones (excluding diaryl/α,β-unsaturated/α-hetero) is 1. The maximum Gasteiger partial charge on any atom is 0.223 e. The predicted octanol–water partition coefficient (Wildman–Crippen LogP) is 3.22. The van der Waals surface area contributed by atoms with Gasteiger partial charge < -0.3 is 10.6 Å². The summed E-state index contributed by atoms with van der Waals surface area (Å²) in [5.74, 6) is -0.0185. The minimum absolute atomic E-state index is 0. The molecule has 1 aromatic carbocycles. The third-order valence-electron chi connectivity index (χ3n) is 4.06. The number of aryl methyl sites for hydroxylation is 1. The lowest BCUT2D eigenvalue weighted by Gasteiger charge is -2.23. The van der Waals surface area contributed by atoms with Gasteiger partial charge in [0, 0.05) is 38.0 Å². The van der Waals surface area contributed by atoms with Gasteiger partial charge in [0.25, 0.3) is 0 Å². The van der Waals surface area contributed by atoms with Gasteiger partial charge >= 0.3 is 0 Å². The molecule has 1 rings (SSSR count). The lowest BCUT2D eigenvalue weighted by Crippen LogP contribution is -2.39. The zero-order valence-electron chi connectivity index (χ0n) is 14.4. The molecule has 130 valence electrons. The second kappa shape index (κ2) is 11.2. The number of benzene rings is 1. The van der Waals surface area contributed by atoms with Crippen LogP contribution in [0.1, 0.15) is 55.5 Å². The Balaban J connectivity index is 0.00000484. The van der Waals surface area contributed by atoms with E-state index in [4.69, 9.17) is 5.73 Å². The van der Waals surface area contributed by atoms with E-state index in [1.165, 1.54) is 5.56 Å². The number of unbranched alkanes of at least 4 members (excludes halogenated alkanes) is 1. The van der Waals surface area contributed by atoms with Crippen molar-refractivity contribution in [2.45, 2.75) is 52.0 Å². The Morgan fingerprint density at radius 3 is 2.30 bits per heavy atom. The number of likely N-dealkylation sites (N-methyl/N-ethyl adjacent to an activating group) is 1. The third kappa shape index (κ3) is 7.14. The summed E-state index contributed by atoms with van der Waals surface area (Å²) in [6.45, 7) is 4.49. The molecule has 1 amide bonds. The largest absolute Gasteiger partial charge is 0.342 e. The smallest absolute Gasteiger partial charge is 0.223 e. The molecule has 0 saturated heterocycles. The molecule has 1 unspecified atom stereocenters. The zero-order valence-corrected chi connectivity index (χ0v) is 15.2. The Labute approximate surface area is 145 Å². The Hall–Kier alpha value is -1.39. The molecule has 0 aliphatic heterocycles. The fraction of sp³-hybridized carbons (Fsp3) is 0.556. The molecular formula is C18H29ClN2O2. The van der Waals surface area contributed by atoms with Crippen LogP contribution in [-0.4, -0.2) is 36.2 Å². The molecule has 0 saturated carbocycles. The number of hydrogen-bond acceptors (Lipinski definition) is 3. The predicted molar refractivity (Wildman–Crippen MR) is 97.2 cm³/mol. The van der Waals surface area contributed by atoms with Crippen molar-refractivity contribution in [3.05, 3.63) is 35.4 Å². The molecule has 0 radical (unpaired) electrons. The SMILES string of the molecule is CCCCc1ccc(C(=O)CCC(=O)N(C)C(C)CN)cc1.Cl. The van der Waals surface area contributed by atoms with Crippen LogP contribution in [0.15, 0.2) is 24.3 Å². The molecule has 0 aliphatic carbocycles. The van der Waals surface area contributed by atoms with E-state index in [0.29, 0.717) is 12.1 Å². The maximum atomic E-state index is 12.1. The second-order valence-electron chi connectivity index (χ2n) is 5.81. The average Bonchev–Trinajstić information content (AvgIpc) is 2.56. The first-order chi connectivity index (χ1) is 10.5. The van der Waals surface area contributed by atoms with Crippen molar-refractivity contribution in [1.29, 1.82) is 0 Å². The van der Waals surface area contributed by atoms with Gasteiger partial charge in [-0.25, -0.2) is 0 Å². The van der Waals surface area contributed by atoms with Gasteiger partial charge in [0.15, 0.2) is 5.78 Å². The minimum Gasteiger partial charge on any atom is -0.342 e. The van der Waals surface area contributed by atoms with Crippen molar-refractivity contribution in [1.82, 2.24) is 4.90 Å². The quantitative estimate of drug-likeness (QED) is 0.702. The maximum absolute atomic E-state index is 12.1. The van der Waals surface area contributed by atoms with E-state index >= 15 is 0 Å². The van der Waals surface area contributed by atoms with Crippen LogP contribution in [0.25, 0.3) is 0 Å². The summed E-state index contributed by atoms with van der Waals surface area (Å²) in [6, 6.07) is 7.75. The number of halogens is 1. The number of nitrogens with zero attached hydrogens (tertiary/aromatic N) is 1. The Morgan fingerprint density at radius 2 is 1.78 bits per heavy atom. The molecular weight excluding hydrogens is 312 g/mol. The molecule has 0 bridgehead atoms. The van der Waals surface area contributed by atoms with Gasteiger partial charge in [-0.3, -0.25) is 9.59 Å². The van der Waals surface area contributed by atoms with Crippen LogP contribution in [0.2, 0.25) is 0 Å². The molecule has 1 atom stereocenters. The van der Waals surface area contributed by atoms with Gasteiger partial charge in [0.05, 0.1) is 0 Å². The summed E-state index contributed by atoms with van der Waals surface area (Å²) < 4.78 is 0. The Bertz CT molecular complexity index is 488. The van der Waals surface area contributed by atoms with Crippen LogP contribution in [0, 0.1) is 0 Å². The number of ketones is 1. The van der Waals surface area contributed by atoms with Crippen LogP contribution in [0.5, 0.6) is 0 Å². The van der Waals surface area contributed by atoms with Gasteiger partial charge in [0.1, 0.15) is 0 Å². The first kappa shape index (κ1) is 21.6. The topological polar surface area (TPSA) is 63.4 Å². The Morgan fingerprint density at radius 1 is 1.17 bits per heavy atom. The fourth-order valence-corrected chi connectivity index (χ4v) is 2.18. The second-order valence-corrected chi connectivity index (χ2v) is 5.81.